The molecule has 1 unspecified atom stereocenters. The van der Waals surface area contributed by atoms with Gasteiger partial charge in [0.15, 0.2) is 0 Å². The third kappa shape index (κ3) is 2.52. The summed E-state index contributed by atoms with van der Waals surface area (Å²) in [4.78, 5) is 26.4. The van der Waals surface area contributed by atoms with E-state index in [0.717, 1.165) is 16.9 Å². The molecule has 2 heterocycles. The van der Waals surface area contributed by atoms with E-state index in [4.69, 9.17) is 0 Å². The van der Waals surface area contributed by atoms with Gasteiger partial charge in [-0.2, -0.15) is 0 Å². The monoisotopic (exact) mass is 296 g/mol. The zero-order valence-electron chi connectivity index (χ0n) is 11.8. The van der Waals surface area contributed by atoms with Gasteiger partial charge in [-0.25, -0.2) is 9.59 Å². The number of likely N-dealkylation sites (tertiary alicyclic amines) is 1. The molecule has 1 fully saturated rings. The first-order valence-electron chi connectivity index (χ1n) is 6.83. The van der Waals surface area contributed by atoms with Crippen molar-refractivity contribution in [3.05, 3.63) is 21.9 Å². The molecule has 2 amide bonds. The summed E-state index contributed by atoms with van der Waals surface area (Å²) in [5.74, 6) is -0.903. The highest BCUT2D eigenvalue weighted by atomic mass is 32.1. The van der Waals surface area contributed by atoms with Gasteiger partial charge in [-0.1, -0.05) is 6.92 Å². The van der Waals surface area contributed by atoms with Gasteiger partial charge in [-0.3, -0.25) is 0 Å². The second-order valence-corrected chi connectivity index (χ2v) is 6.13. The van der Waals surface area contributed by atoms with Crippen molar-refractivity contribution in [2.75, 3.05) is 6.54 Å². The highest BCUT2D eigenvalue weighted by Crippen LogP contribution is 2.32. The van der Waals surface area contributed by atoms with Gasteiger partial charge in [0.2, 0.25) is 0 Å². The first-order valence-corrected chi connectivity index (χ1v) is 7.71. The molecule has 0 radical (unpaired) electrons. The highest BCUT2D eigenvalue weighted by Gasteiger charge is 2.48. The number of rotatable bonds is 4. The number of thiophene rings is 1. The lowest BCUT2D eigenvalue weighted by atomic mass is 9.93. The summed E-state index contributed by atoms with van der Waals surface area (Å²) in [6.45, 7) is 4.79. The summed E-state index contributed by atoms with van der Waals surface area (Å²) in [7, 11) is 0. The Balaban J connectivity index is 2.05. The molecular formula is C14H20N2O3S. The van der Waals surface area contributed by atoms with E-state index >= 15 is 0 Å². The Bertz CT molecular complexity index is 514. The van der Waals surface area contributed by atoms with E-state index < -0.39 is 11.5 Å². The van der Waals surface area contributed by atoms with Gasteiger partial charge in [0.05, 0.1) is 6.54 Å². The van der Waals surface area contributed by atoms with Crippen molar-refractivity contribution in [2.24, 2.45) is 0 Å². The van der Waals surface area contributed by atoms with Gasteiger partial charge in [-0.15, -0.1) is 11.3 Å². The van der Waals surface area contributed by atoms with E-state index in [1.165, 1.54) is 4.90 Å². The summed E-state index contributed by atoms with van der Waals surface area (Å²) in [6.07, 6.45) is 1.71. The van der Waals surface area contributed by atoms with E-state index in [9.17, 15) is 14.7 Å². The van der Waals surface area contributed by atoms with Gasteiger partial charge in [0.1, 0.15) is 5.54 Å². The topological polar surface area (TPSA) is 69.6 Å². The Labute approximate surface area is 122 Å². The van der Waals surface area contributed by atoms with Crippen LogP contribution in [0.25, 0.3) is 0 Å². The largest absolute Gasteiger partial charge is 0.479 e. The van der Waals surface area contributed by atoms with Crippen LogP contribution < -0.4 is 5.32 Å². The van der Waals surface area contributed by atoms with Crippen LogP contribution in [0.4, 0.5) is 4.79 Å². The molecule has 1 aliphatic heterocycles. The van der Waals surface area contributed by atoms with Crippen LogP contribution in [-0.4, -0.2) is 34.1 Å². The summed E-state index contributed by atoms with van der Waals surface area (Å²) in [5.41, 5.74) is 0.117. The Morgan fingerprint density at radius 1 is 1.55 bits per heavy atom. The minimum atomic E-state index is -1.03. The highest BCUT2D eigenvalue weighted by molar-refractivity contribution is 7.10. The average molecular weight is 296 g/mol. The standard InChI is InChI=1S/C14H20N2O3S/c1-3-14(12(17)18)6-4-7-16(14)13(19)15-9-11-10(2)5-8-20-11/h5,8H,3-4,6-7,9H2,1-2H3,(H,15,19)(H,17,18). The molecule has 1 aromatic heterocycles. The van der Waals surface area contributed by atoms with E-state index in [0.29, 0.717) is 25.9 Å². The van der Waals surface area contributed by atoms with Crippen molar-refractivity contribution in [2.45, 2.75) is 45.2 Å². The molecule has 1 aromatic rings. The Hall–Kier alpha value is -1.56. The van der Waals surface area contributed by atoms with Crippen molar-refractivity contribution in [3.63, 3.8) is 0 Å². The van der Waals surface area contributed by atoms with Crippen LogP contribution in [0, 0.1) is 6.92 Å². The number of nitrogens with one attached hydrogen (secondary N) is 1. The minimum Gasteiger partial charge on any atom is -0.479 e. The van der Waals surface area contributed by atoms with Crippen molar-refractivity contribution >= 4 is 23.3 Å². The summed E-state index contributed by atoms with van der Waals surface area (Å²) < 4.78 is 0. The molecule has 1 atom stereocenters. The SMILES string of the molecule is CCC1(C(=O)O)CCCN1C(=O)NCc1sccc1C. The molecular weight excluding hydrogens is 276 g/mol. The minimum absolute atomic E-state index is 0.278. The number of hydrogen-bond acceptors (Lipinski definition) is 3. The maximum absolute atomic E-state index is 12.3. The molecule has 20 heavy (non-hydrogen) atoms. The van der Waals surface area contributed by atoms with Gasteiger partial charge in [0, 0.05) is 11.4 Å². The number of carbonyl (C=O) groups excluding carboxylic acids is 1. The van der Waals surface area contributed by atoms with Crippen LogP contribution >= 0.6 is 11.3 Å². The van der Waals surface area contributed by atoms with Gasteiger partial charge in [-0.05, 0) is 43.2 Å². The lowest BCUT2D eigenvalue weighted by Gasteiger charge is -2.33. The zero-order valence-corrected chi connectivity index (χ0v) is 12.6. The molecule has 2 N–H and O–H groups in total. The normalized spacial score (nSPS) is 22.0. The Kier molecular flexibility index (Phi) is 4.32. The number of carboxylic acid groups (broad SMARTS) is 1. The fraction of sp³-hybridized carbons (Fsp3) is 0.571. The molecule has 110 valence electrons. The summed E-state index contributed by atoms with van der Waals surface area (Å²) >= 11 is 1.60. The quantitative estimate of drug-likeness (QED) is 0.897. The van der Waals surface area contributed by atoms with Gasteiger partial charge in [0.25, 0.3) is 0 Å². The number of aliphatic carboxylic acids is 1. The number of nitrogens with zero attached hydrogens (tertiary/aromatic N) is 1. The van der Waals surface area contributed by atoms with Gasteiger partial charge >= 0.3 is 12.0 Å². The Morgan fingerprint density at radius 3 is 2.85 bits per heavy atom. The van der Waals surface area contributed by atoms with Crippen LogP contribution in [0.3, 0.4) is 0 Å². The number of aryl methyl sites for hydroxylation is 1. The first-order chi connectivity index (χ1) is 9.51. The van der Waals surface area contributed by atoms with E-state index in [-0.39, 0.29) is 6.03 Å². The Morgan fingerprint density at radius 2 is 2.30 bits per heavy atom. The lowest BCUT2D eigenvalue weighted by Crippen LogP contribution is -2.55. The first kappa shape index (κ1) is 14.8. The second kappa shape index (κ2) is 5.83. The summed E-state index contributed by atoms with van der Waals surface area (Å²) in [6, 6.07) is 1.73. The predicted octanol–water partition coefficient (Wildman–Crippen LogP) is 2.60. The second-order valence-electron chi connectivity index (χ2n) is 5.13. The number of hydrogen-bond donors (Lipinski definition) is 2. The van der Waals surface area contributed by atoms with Crippen LogP contribution in [0.1, 0.15) is 36.6 Å². The fourth-order valence-electron chi connectivity index (χ4n) is 2.75. The molecule has 0 aromatic carbocycles. The van der Waals surface area contributed by atoms with Crippen LogP contribution in [-0.2, 0) is 11.3 Å². The molecule has 1 saturated heterocycles. The van der Waals surface area contributed by atoms with E-state index in [2.05, 4.69) is 5.32 Å². The molecule has 1 aliphatic rings. The molecule has 0 spiro atoms. The number of carboxylic acids is 1. The molecule has 0 saturated carbocycles. The predicted molar refractivity (Wildman–Crippen MR) is 77.9 cm³/mol. The van der Waals surface area contributed by atoms with Crippen molar-refractivity contribution < 1.29 is 14.7 Å². The lowest BCUT2D eigenvalue weighted by molar-refractivity contribution is -0.148. The zero-order chi connectivity index (χ0) is 14.8. The number of carbonyl (C=O) groups is 2. The van der Waals surface area contributed by atoms with Crippen molar-refractivity contribution in [1.82, 2.24) is 10.2 Å². The molecule has 0 bridgehead atoms. The average Bonchev–Trinajstić information content (AvgIpc) is 3.02. The summed E-state index contributed by atoms with van der Waals surface area (Å²) in [5, 5.41) is 14.3. The third-order valence-electron chi connectivity index (χ3n) is 4.09. The maximum atomic E-state index is 12.3. The van der Waals surface area contributed by atoms with E-state index in [1.54, 1.807) is 11.3 Å². The fourth-order valence-corrected chi connectivity index (χ4v) is 3.60. The molecule has 0 aliphatic carbocycles. The molecule has 6 heteroatoms. The van der Waals surface area contributed by atoms with Crippen LogP contribution in [0.5, 0.6) is 0 Å². The number of urea groups is 1. The molecule has 5 nitrogen and oxygen atoms in total. The molecule has 2 rings (SSSR count). The number of amides is 2. The third-order valence-corrected chi connectivity index (χ3v) is 5.11. The van der Waals surface area contributed by atoms with Gasteiger partial charge < -0.3 is 15.3 Å². The van der Waals surface area contributed by atoms with Crippen molar-refractivity contribution in [3.8, 4) is 0 Å². The van der Waals surface area contributed by atoms with Crippen molar-refractivity contribution in [1.29, 1.82) is 0 Å². The maximum Gasteiger partial charge on any atom is 0.329 e. The van der Waals surface area contributed by atoms with Crippen LogP contribution in [0.2, 0.25) is 0 Å². The van der Waals surface area contributed by atoms with E-state index in [1.807, 2.05) is 25.3 Å². The van der Waals surface area contributed by atoms with Crippen LogP contribution in [0.15, 0.2) is 11.4 Å². The smallest absolute Gasteiger partial charge is 0.329 e.